The summed E-state index contributed by atoms with van der Waals surface area (Å²) in [6.45, 7) is 0. The Bertz CT molecular complexity index is 1830. The van der Waals surface area contributed by atoms with Crippen molar-refractivity contribution >= 4 is 50.5 Å². The Balaban J connectivity index is 1.67. The van der Waals surface area contributed by atoms with Crippen LogP contribution in [-0.4, -0.2) is 0 Å². The normalized spacial score (nSPS) is 19.7. The van der Waals surface area contributed by atoms with E-state index in [2.05, 4.69) is 109 Å². The van der Waals surface area contributed by atoms with Crippen LogP contribution in [0.25, 0.3) is 50.5 Å². The summed E-state index contributed by atoms with van der Waals surface area (Å²) < 4.78 is 0. The molecule has 0 fully saturated rings. The van der Waals surface area contributed by atoms with E-state index in [0.717, 1.165) is 0 Å². The van der Waals surface area contributed by atoms with E-state index in [-0.39, 0.29) is 5.41 Å². The molecule has 0 bridgehead atoms. The Hall–Kier alpha value is -3.90. The monoisotopic (exact) mass is 390 g/mol. The fraction of sp³-hybridized carbons (Fsp3) is 0.0323. The van der Waals surface area contributed by atoms with E-state index >= 15 is 0 Å². The number of hydrogen-bond donors (Lipinski definition) is 0. The van der Waals surface area contributed by atoms with E-state index < -0.39 is 0 Å². The first-order chi connectivity index (χ1) is 15.3. The van der Waals surface area contributed by atoms with E-state index in [1.54, 1.807) is 0 Å². The SMILES string of the molecule is C1=CC23C(=Cc4ccccc42)C=c2c4ccc5ccccc5c4cc4ccc(c3c24)=C1. The lowest BCUT2D eigenvalue weighted by Gasteiger charge is -2.36. The third-order valence-corrected chi connectivity index (χ3v) is 7.57. The van der Waals surface area contributed by atoms with Gasteiger partial charge in [-0.2, -0.15) is 0 Å². The average molecular weight is 390 g/mol. The maximum atomic E-state index is 2.46. The fourth-order valence-corrected chi connectivity index (χ4v) is 6.31. The molecule has 5 aromatic carbocycles. The molecule has 0 nitrogen and oxygen atoms in total. The maximum Gasteiger partial charge on any atom is 0.0653 e. The topological polar surface area (TPSA) is 0 Å². The molecule has 0 heterocycles. The highest BCUT2D eigenvalue weighted by Crippen LogP contribution is 2.51. The fourth-order valence-electron chi connectivity index (χ4n) is 6.31. The van der Waals surface area contributed by atoms with Gasteiger partial charge in [0.15, 0.2) is 0 Å². The third kappa shape index (κ3) is 1.75. The minimum Gasteiger partial charge on any atom is -0.0651 e. The largest absolute Gasteiger partial charge is 0.0653 e. The Labute approximate surface area is 179 Å². The van der Waals surface area contributed by atoms with Crippen LogP contribution in [0.4, 0.5) is 0 Å². The molecule has 8 rings (SSSR count). The van der Waals surface area contributed by atoms with Gasteiger partial charge in [0.1, 0.15) is 0 Å². The van der Waals surface area contributed by atoms with Gasteiger partial charge in [-0.25, -0.2) is 0 Å². The maximum absolute atomic E-state index is 2.46. The first-order valence-electron chi connectivity index (χ1n) is 11.0. The number of fused-ring (bicyclic) bond motifs is 5. The van der Waals surface area contributed by atoms with E-state index in [4.69, 9.17) is 0 Å². The number of hydrogen-bond acceptors (Lipinski definition) is 0. The third-order valence-electron chi connectivity index (χ3n) is 7.57. The van der Waals surface area contributed by atoms with Crippen molar-refractivity contribution in [1.82, 2.24) is 0 Å². The zero-order chi connectivity index (χ0) is 20.2. The molecular formula is C31H18. The van der Waals surface area contributed by atoms with E-state index in [1.807, 2.05) is 0 Å². The van der Waals surface area contributed by atoms with Crippen LogP contribution in [0.2, 0.25) is 0 Å². The minimum atomic E-state index is -0.169. The molecule has 0 heteroatoms. The lowest BCUT2D eigenvalue weighted by Crippen LogP contribution is -2.38. The van der Waals surface area contributed by atoms with Crippen LogP contribution >= 0.6 is 0 Å². The lowest BCUT2D eigenvalue weighted by molar-refractivity contribution is 0.799. The lowest BCUT2D eigenvalue weighted by atomic mass is 9.65. The highest BCUT2D eigenvalue weighted by Gasteiger charge is 2.44. The minimum absolute atomic E-state index is 0.169. The molecule has 0 aliphatic heterocycles. The quantitative estimate of drug-likeness (QED) is 0.226. The van der Waals surface area contributed by atoms with Crippen molar-refractivity contribution in [2.75, 3.05) is 0 Å². The van der Waals surface area contributed by atoms with Crippen molar-refractivity contribution < 1.29 is 0 Å². The second kappa shape index (κ2) is 5.22. The molecule has 0 radical (unpaired) electrons. The van der Waals surface area contributed by atoms with Crippen molar-refractivity contribution in [2.24, 2.45) is 0 Å². The summed E-state index contributed by atoms with van der Waals surface area (Å²) in [5.41, 5.74) is 5.42. The molecule has 1 atom stereocenters. The molecule has 142 valence electrons. The Morgan fingerprint density at radius 3 is 2.52 bits per heavy atom. The molecule has 0 saturated carbocycles. The summed E-state index contributed by atoms with van der Waals surface area (Å²) in [5.74, 6) is 0. The van der Waals surface area contributed by atoms with Gasteiger partial charge in [0.05, 0.1) is 5.41 Å². The summed E-state index contributed by atoms with van der Waals surface area (Å²) >= 11 is 0. The molecule has 1 spiro atoms. The molecule has 0 saturated heterocycles. The summed E-state index contributed by atoms with van der Waals surface area (Å²) in [7, 11) is 0. The molecule has 3 aliphatic rings. The Kier molecular flexibility index (Phi) is 2.68. The summed E-state index contributed by atoms with van der Waals surface area (Å²) in [6, 6.07) is 29.3. The van der Waals surface area contributed by atoms with Crippen molar-refractivity contribution in [1.29, 1.82) is 0 Å². The molecule has 1 unspecified atom stereocenters. The zero-order valence-electron chi connectivity index (χ0n) is 16.9. The highest BCUT2D eigenvalue weighted by atomic mass is 14.5. The van der Waals surface area contributed by atoms with Crippen LogP contribution in [0.15, 0.2) is 96.6 Å². The predicted octanol–water partition coefficient (Wildman–Crippen LogP) is 5.97. The van der Waals surface area contributed by atoms with Crippen LogP contribution in [0.5, 0.6) is 0 Å². The number of rotatable bonds is 0. The molecule has 31 heavy (non-hydrogen) atoms. The average Bonchev–Trinajstić information content (AvgIpc) is 3.14. The van der Waals surface area contributed by atoms with Crippen molar-refractivity contribution in [3.05, 3.63) is 124 Å². The van der Waals surface area contributed by atoms with Gasteiger partial charge in [0.25, 0.3) is 0 Å². The van der Waals surface area contributed by atoms with Gasteiger partial charge in [-0.05, 0) is 83.2 Å². The van der Waals surface area contributed by atoms with E-state index in [1.165, 1.54) is 65.0 Å². The molecule has 5 aromatic rings. The van der Waals surface area contributed by atoms with Crippen molar-refractivity contribution in [3.8, 4) is 0 Å². The van der Waals surface area contributed by atoms with Gasteiger partial charge in [0, 0.05) is 0 Å². The second-order valence-corrected chi connectivity index (χ2v) is 8.97. The van der Waals surface area contributed by atoms with Gasteiger partial charge < -0.3 is 0 Å². The van der Waals surface area contributed by atoms with Crippen molar-refractivity contribution in [3.63, 3.8) is 0 Å². The molecule has 3 aliphatic carbocycles. The van der Waals surface area contributed by atoms with Crippen LogP contribution in [0, 0.1) is 0 Å². The van der Waals surface area contributed by atoms with Crippen LogP contribution < -0.4 is 10.4 Å². The standard InChI is InChI=1S/C31H18/c1-3-9-24-19(6-1)13-14-25-26(24)17-22-12-11-20-8-5-15-31-23(18-27(25)29(22)30(20)31)16-21-7-2-4-10-28(21)31/h1-18H. The van der Waals surface area contributed by atoms with Crippen LogP contribution in [0.1, 0.15) is 16.7 Å². The van der Waals surface area contributed by atoms with Gasteiger partial charge in [-0.3, -0.25) is 0 Å². The zero-order valence-corrected chi connectivity index (χ0v) is 16.9. The first-order valence-corrected chi connectivity index (χ1v) is 11.0. The van der Waals surface area contributed by atoms with E-state index in [9.17, 15) is 0 Å². The Morgan fingerprint density at radius 1 is 0.645 bits per heavy atom. The van der Waals surface area contributed by atoms with Gasteiger partial charge in [-0.15, -0.1) is 0 Å². The molecule has 0 amide bonds. The van der Waals surface area contributed by atoms with Crippen molar-refractivity contribution in [2.45, 2.75) is 5.41 Å². The number of allylic oxidation sites excluding steroid dienone is 3. The van der Waals surface area contributed by atoms with Gasteiger partial charge in [-0.1, -0.05) is 91.0 Å². The molecule has 0 aromatic heterocycles. The second-order valence-electron chi connectivity index (χ2n) is 8.97. The van der Waals surface area contributed by atoms with Crippen LogP contribution in [0.3, 0.4) is 0 Å². The van der Waals surface area contributed by atoms with Gasteiger partial charge in [0.2, 0.25) is 0 Å². The Morgan fingerprint density at radius 2 is 1.52 bits per heavy atom. The first kappa shape index (κ1) is 15.9. The molecule has 0 N–H and O–H groups in total. The smallest absolute Gasteiger partial charge is 0.0651 e. The summed E-state index contributed by atoms with van der Waals surface area (Å²) in [4.78, 5) is 0. The summed E-state index contributed by atoms with van der Waals surface area (Å²) in [6.07, 6.45) is 11.8. The van der Waals surface area contributed by atoms with E-state index in [0.29, 0.717) is 0 Å². The summed E-state index contributed by atoms with van der Waals surface area (Å²) in [5, 5.41) is 10.8. The number of benzene rings is 5. The molecular weight excluding hydrogens is 372 g/mol. The highest BCUT2D eigenvalue weighted by molar-refractivity contribution is 6.14. The predicted molar refractivity (Wildman–Crippen MR) is 131 cm³/mol. The van der Waals surface area contributed by atoms with Gasteiger partial charge >= 0.3 is 0 Å². The van der Waals surface area contributed by atoms with Crippen LogP contribution in [-0.2, 0) is 5.41 Å².